The molecule has 0 bridgehead atoms. The highest BCUT2D eigenvalue weighted by Crippen LogP contribution is 2.23. The lowest BCUT2D eigenvalue weighted by Gasteiger charge is -2.27. The maximum absolute atomic E-state index is 13.2. The predicted octanol–water partition coefficient (Wildman–Crippen LogP) is 2.52. The number of rotatable bonds is 1. The van der Waals surface area contributed by atoms with Crippen LogP contribution in [0.4, 0.5) is 4.39 Å². The average molecular weight is 338 g/mol. The highest BCUT2D eigenvalue weighted by Gasteiger charge is 2.25. The van der Waals surface area contributed by atoms with Crippen LogP contribution in [-0.4, -0.2) is 26.9 Å². The molecule has 0 radical (unpaired) electrons. The molecule has 2 aromatic rings. The van der Waals surface area contributed by atoms with Gasteiger partial charge in [0.15, 0.2) is 4.73 Å². The van der Waals surface area contributed by atoms with E-state index in [1.165, 1.54) is 12.1 Å². The lowest BCUT2D eigenvalue weighted by Crippen LogP contribution is -2.36. The van der Waals surface area contributed by atoms with Gasteiger partial charge in [-0.3, -0.25) is 4.79 Å². The molecule has 0 N–H and O–H groups in total. The molecule has 2 heterocycles. The molecule has 1 aromatic carbocycles. The Hall–Kier alpha value is -1.69. The summed E-state index contributed by atoms with van der Waals surface area (Å²) < 4.78 is 15.9. The van der Waals surface area contributed by atoms with Gasteiger partial charge in [0.05, 0.1) is 17.9 Å². The second kappa shape index (κ2) is 5.01. The summed E-state index contributed by atoms with van der Waals surface area (Å²) in [5.41, 5.74) is 2.42. The Kier molecular flexibility index (Phi) is 3.33. The topological polar surface area (TPSA) is 38.1 Å². The standard InChI is InChI=1S/C14H13BrFN3O/c1-18-12-8-19(6-5-11(12)17-14(18)15)13(20)9-3-2-4-10(16)7-9/h2-4,7H,5-6,8H2,1H3. The normalized spacial score (nSPS) is 14.2. The zero-order valence-corrected chi connectivity index (χ0v) is 12.5. The first-order valence-corrected chi connectivity index (χ1v) is 7.10. The van der Waals surface area contributed by atoms with E-state index in [9.17, 15) is 9.18 Å². The van der Waals surface area contributed by atoms with Gasteiger partial charge in [-0.1, -0.05) is 6.07 Å². The van der Waals surface area contributed by atoms with E-state index in [2.05, 4.69) is 20.9 Å². The zero-order valence-electron chi connectivity index (χ0n) is 10.9. The third-order valence-corrected chi connectivity index (χ3v) is 4.27. The Morgan fingerprint density at radius 1 is 1.45 bits per heavy atom. The molecule has 3 rings (SSSR count). The number of carbonyl (C=O) groups excluding carboxylic acids is 1. The van der Waals surface area contributed by atoms with Crippen molar-refractivity contribution in [3.63, 3.8) is 0 Å². The summed E-state index contributed by atoms with van der Waals surface area (Å²) in [4.78, 5) is 18.5. The van der Waals surface area contributed by atoms with Crippen LogP contribution in [0.2, 0.25) is 0 Å². The van der Waals surface area contributed by atoms with Crippen LogP contribution in [0, 0.1) is 5.82 Å². The Balaban J connectivity index is 1.86. The van der Waals surface area contributed by atoms with Crippen LogP contribution in [-0.2, 0) is 20.0 Å². The van der Waals surface area contributed by atoms with Crippen molar-refractivity contribution in [3.05, 3.63) is 51.8 Å². The highest BCUT2D eigenvalue weighted by atomic mass is 79.9. The SMILES string of the molecule is Cn1c(Br)nc2c1CN(C(=O)c1cccc(F)c1)CC2. The minimum Gasteiger partial charge on any atom is -0.332 e. The Morgan fingerprint density at radius 3 is 3.00 bits per heavy atom. The molecule has 104 valence electrons. The summed E-state index contributed by atoms with van der Waals surface area (Å²) in [6, 6.07) is 5.80. The van der Waals surface area contributed by atoms with E-state index in [-0.39, 0.29) is 5.91 Å². The fraction of sp³-hybridized carbons (Fsp3) is 0.286. The Morgan fingerprint density at radius 2 is 2.25 bits per heavy atom. The van der Waals surface area contributed by atoms with Crippen molar-refractivity contribution in [2.45, 2.75) is 13.0 Å². The molecule has 0 unspecified atom stereocenters. The molecule has 1 aliphatic heterocycles. The van der Waals surface area contributed by atoms with Crippen molar-refractivity contribution < 1.29 is 9.18 Å². The van der Waals surface area contributed by atoms with Crippen molar-refractivity contribution in [2.75, 3.05) is 6.54 Å². The van der Waals surface area contributed by atoms with E-state index in [0.29, 0.717) is 18.7 Å². The van der Waals surface area contributed by atoms with Gasteiger partial charge >= 0.3 is 0 Å². The summed E-state index contributed by atoms with van der Waals surface area (Å²) in [5, 5.41) is 0. The second-order valence-electron chi connectivity index (χ2n) is 4.82. The van der Waals surface area contributed by atoms with Crippen molar-refractivity contribution in [2.24, 2.45) is 7.05 Å². The summed E-state index contributed by atoms with van der Waals surface area (Å²) >= 11 is 3.39. The summed E-state index contributed by atoms with van der Waals surface area (Å²) in [5.74, 6) is -0.538. The van der Waals surface area contributed by atoms with Gasteiger partial charge in [-0.15, -0.1) is 0 Å². The Bertz CT molecular complexity index is 683. The molecular formula is C14H13BrFN3O. The van der Waals surface area contributed by atoms with E-state index < -0.39 is 5.82 Å². The lowest BCUT2D eigenvalue weighted by molar-refractivity contribution is 0.0729. The number of fused-ring (bicyclic) bond motifs is 1. The van der Waals surface area contributed by atoms with E-state index in [1.807, 2.05) is 11.6 Å². The monoisotopic (exact) mass is 337 g/mol. The summed E-state index contributed by atoms with van der Waals surface area (Å²) in [7, 11) is 1.91. The van der Waals surface area contributed by atoms with Crippen molar-refractivity contribution in [3.8, 4) is 0 Å². The molecule has 1 aliphatic rings. The number of nitrogens with zero attached hydrogens (tertiary/aromatic N) is 3. The predicted molar refractivity (Wildman–Crippen MR) is 75.8 cm³/mol. The number of halogens is 2. The molecule has 4 nitrogen and oxygen atoms in total. The van der Waals surface area contributed by atoms with Crippen LogP contribution in [0.3, 0.4) is 0 Å². The number of hydrogen-bond acceptors (Lipinski definition) is 2. The minimum atomic E-state index is -0.392. The first-order chi connectivity index (χ1) is 9.56. The lowest BCUT2D eigenvalue weighted by atomic mass is 10.1. The van der Waals surface area contributed by atoms with Crippen LogP contribution < -0.4 is 0 Å². The molecule has 1 amide bonds. The largest absolute Gasteiger partial charge is 0.332 e. The molecule has 0 saturated carbocycles. The number of aromatic nitrogens is 2. The maximum atomic E-state index is 13.2. The van der Waals surface area contributed by atoms with Gasteiger partial charge in [0.25, 0.3) is 5.91 Å². The third kappa shape index (κ3) is 2.24. The quantitative estimate of drug-likeness (QED) is 0.801. The Labute approximate surface area is 124 Å². The first-order valence-electron chi connectivity index (χ1n) is 6.31. The third-order valence-electron chi connectivity index (χ3n) is 3.56. The van der Waals surface area contributed by atoms with E-state index in [4.69, 9.17) is 0 Å². The van der Waals surface area contributed by atoms with Crippen LogP contribution in [0.5, 0.6) is 0 Å². The fourth-order valence-corrected chi connectivity index (χ4v) is 2.86. The average Bonchev–Trinajstić information content (AvgIpc) is 2.73. The summed E-state index contributed by atoms with van der Waals surface area (Å²) in [6.45, 7) is 1.10. The van der Waals surface area contributed by atoms with Gasteiger partial charge in [0.2, 0.25) is 0 Å². The number of carbonyl (C=O) groups is 1. The molecule has 1 aromatic heterocycles. The second-order valence-corrected chi connectivity index (χ2v) is 5.53. The molecule has 0 atom stereocenters. The molecule has 0 aliphatic carbocycles. The molecule has 6 heteroatoms. The van der Waals surface area contributed by atoms with Crippen LogP contribution in [0.25, 0.3) is 0 Å². The fourth-order valence-electron chi connectivity index (χ4n) is 2.43. The molecule has 0 fully saturated rings. The zero-order chi connectivity index (χ0) is 14.3. The van der Waals surface area contributed by atoms with Gasteiger partial charge in [0.1, 0.15) is 5.82 Å². The van der Waals surface area contributed by atoms with E-state index >= 15 is 0 Å². The number of benzene rings is 1. The highest BCUT2D eigenvalue weighted by molar-refractivity contribution is 9.10. The van der Waals surface area contributed by atoms with E-state index in [0.717, 1.165) is 22.5 Å². The van der Waals surface area contributed by atoms with E-state index in [1.54, 1.807) is 17.0 Å². The number of hydrogen-bond donors (Lipinski definition) is 0. The van der Waals surface area contributed by atoms with Crippen LogP contribution >= 0.6 is 15.9 Å². The van der Waals surface area contributed by atoms with Gasteiger partial charge in [-0.25, -0.2) is 9.37 Å². The maximum Gasteiger partial charge on any atom is 0.254 e. The number of imidazole rings is 1. The molecule has 0 spiro atoms. The number of amides is 1. The summed E-state index contributed by atoms with van der Waals surface area (Å²) in [6.07, 6.45) is 0.718. The van der Waals surface area contributed by atoms with Gasteiger partial charge < -0.3 is 9.47 Å². The van der Waals surface area contributed by atoms with Crippen LogP contribution in [0.1, 0.15) is 21.7 Å². The smallest absolute Gasteiger partial charge is 0.254 e. The van der Waals surface area contributed by atoms with Gasteiger partial charge in [0, 0.05) is 25.6 Å². The van der Waals surface area contributed by atoms with Gasteiger partial charge in [-0.2, -0.15) is 0 Å². The minimum absolute atomic E-state index is 0.146. The van der Waals surface area contributed by atoms with Crippen molar-refractivity contribution in [1.29, 1.82) is 0 Å². The van der Waals surface area contributed by atoms with Gasteiger partial charge in [-0.05, 0) is 34.1 Å². The van der Waals surface area contributed by atoms with Crippen LogP contribution in [0.15, 0.2) is 29.0 Å². The molecule has 20 heavy (non-hydrogen) atoms. The molecular weight excluding hydrogens is 325 g/mol. The first kappa shape index (κ1) is 13.3. The van der Waals surface area contributed by atoms with Crippen molar-refractivity contribution >= 4 is 21.8 Å². The molecule has 0 saturated heterocycles. The van der Waals surface area contributed by atoms with Crippen molar-refractivity contribution in [1.82, 2.24) is 14.5 Å².